The topological polar surface area (TPSA) is 29.5 Å². The van der Waals surface area contributed by atoms with Crippen LogP contribution in [-0.4, -0.2) is 15.8 Å². The van der Waals surface area contributed by atoms with Crippen LogP contribution in [0, 0.1) is 0 Å². The van der Waals surface area contributed by atoms with Gasteiger partial charge in [-0.15, -0.1) is 11.3 Å². The van der Waals surface area contributed by atoms with Crippen LogP contribution in [0.1, 0.15) is 48.3 Å². The maximum atomic E-state index is 9.73. The summed E-state index contributed by atoms with van der Waals surface area (Å²) in [5.41, 5.74) is 13.7. The summed E-state index contributed by atoms with van der Waals surface area (Å²) in [4.78, 5) is 4.44. The van der Waals surface area contributed by atoms with Gasteiger partial charge in [-0.25, -0.2) is 0 Å². The molecule has 0 unspecified atom stereocenters. The number of thiophene rings is 1. The van der Waals surface area contributed by atoms with E-state index in [-0.39, 0.29) is 43.6 Å². The Morgan fingerprint density at radius 3 is 1.45 bits per heavy atom. The summed E-state index contributed by atoms with van der Waals surface area (Å²) in [6.07, 6.45) is 0. The average Bonchev–Trinajstić information content (AvgIpc) is 1.67. The molecule has 0 saturated heterocycles. The van der Waals surface area contributed by atoms with E-state index < -0.39 is 109 Å². The largest absolute Gasteiger partial charge is 0.453 e. The van der Waals surface area contributed by atoms with Gasteiger partial charge < -0.3 is 23.4 Å². The van der Waals surface area contributed by atoms with Gasteiger partial charge in [0, 0.05) is 97.7 Å². The molecular formula is C88H59BN4OS. The summed E-state index contributed by atoms with van der Waals surface area (Å²) in [6.45, 7) is 5.73. The predicted molar refractivity (Wildman–Crippen MR) is 404 cm³/mol. The minimum atomic E-state index is -0.723. The fourth-order valence-electron chi connectivity index (χ4n) is 15.0. The van der Waals surface area contributed by atoms with E-state index >= 15 is 0 Å². The molecule has 0 saturated carbocycles. The van der Waals surface area contributed by atoms with Crippen LogP contribution in [0.5, 0.6) is 0 Å². The van der Waals surface area contributed by atoms with Crippen molar-refractivity contribution in [1.82, 2.24) is 9.13 Å². The quantitative estimate of drug-likeness (QED) is 0.149. The van der Waals surface area contributed by atoms with Crippen LogP contribution in [0.4, 0.5) is 34.1 Å². The minimum Gasteiger partial charge on any atom is -0.453 e. The van der Waals surface area contributed by atoms with Crippen molar-refractivity contribution >= 4 is 154 Å². The van der Waals surface area contributed by atoms with Gasteiger partial charge in [0.1, 0.15) is 5.58 Å². The molecule has 0 atom stereocenters. The van der Waals surface area contributed by atoms with Gasteiger partial charge in [0.25, 0.3) is 6.71 Å². The molecule has 2 aliphatic rings. The highest BCUT2D eigenvalue weighted by Crippen LogP contribution is 2.52. The second-order valence-corrected chi connectivity index (χ2v) is 26.6. The summed E-state index contributed by atoms with van der Waals surface area (Å²) >= 11 is 1.74. The summed E-state index contributed by atoms with van der Waals surface area (Å²) < 4.78 is 162. The van der Waals surface area contributed by atoms with Crippen LogP contribution in [-0.2, 0) is 5.41 Å². The first-order valence-corrected chi connectivity index (χ1v) is 32.4. The van der Waals surface area contributed by atoms with E-state index in [9.17, 15) is 13.7 Å². The van der Waals surface area contributed by atoms with E-state index in [2.05, 4.69) is 146 Å². The van der Waals surface area contributed by atoms with Gasteiger partial charge in [0.2, 0.25) is 0 Å². The van der Waals surface area contributed by atoms with Gasteiger partial charge in [-0.1, -0.05) is 233 Å². The molecule has 20 rings (SSSR count). The zero-order valence-corrected chi connectivity index (χ0v) is 52.1. The molecule has 0 fully saturated rings. The molecule has 5 nitrogen and oxygen atoms in total. The highest BCUT2D eigenvalue weighted by atomic mass is 32.1. The van der Waals surface area contributed by atoms with E-state index in [1.54, 1.807) is 15.9 Å². The standard InChI is InChI=1S/C88H59BN4OS/c1-88(2,3)58-50-81-85-82(51-58)93(78-38-21-33-69-68-32-20-31-61(86(68)94-87(69)78)57-40-44-67-66-30-14-19-39-83(66)95-84(67)49-57)80-53-60(91-75-36-17-12-28-64(75)65-29-13-18-37-76(65)91)43-46-72(80)89(85)71-45-42-59(90-73-34-15-10-26-62(73)63-27-11-16-35-74(63)90)52-79(71)92(81)77-47-41-56(54-22-6-4-7-23-54)48-70(77)55-24-8-5-9-25-55/h4-53H,1-3H3/i10D,11D,12D,13D,15D,16D,17D,18D,26D,27D,28D,29D,34D,35D,36D,37D. The first-order chi connectivity index (χ1) is 53.4. The fraction of sp³-hybridized carbons (Fsp3) is 0.0455. The van der Waals surface area contributed by atoms with E-state index in [0.717, 1.165) is 93.3 Å². The number of furan rings is 1. The average molecular weight is 1250 g/mol. The molecule has 0 spiro atoms. The Morgan fingerprint density at radius 2 is 0.853 bits per heavy atom. The van der Waals surface area contributed by atoms with Crippen LogP contribution in [0.25, 0.3) is 130 Å². The molecule has 0 bridgehead atoms. The number of anilines is 6. The van der Waals surface area contributed by atoms with E-state index in [0.29, 0.717) is 39.6 Å². The van der Waals surface area contributed by atoms with Crippen LogP contribution in [0.3, 0.4) is 0 Å². The lowest BCUT2D eigenvalue weighted by Gasteiger charge is -2.45. The lowest BCUT2D eigenvalue weighted by atomic mass is 9.33. The highest BCUT2D eigenvalue weighted by Gasteiger charge is 2.45. The van der Waals surface area contributed by atoms with Gasteiger partial charge >= 0.3 is 0 Å². The van der Waals surface area contributed by atoms with Crippen molar-refractivity contribution in [3.05, 3.63) is 308 Å². The number of benzene rings is 14. The normalized spacial score (nSPS) is 15.3. The number of fused-ring (bicyclic) bond motifs is 16. The summed E-state index contributed by atoms with van der Waals surface area (Å²) in [5.74, 6) is 0. The maximum Gasteiger partial charge on any atom is 0.252 e. The SMILES string of the molecule is [2H]c1c([2H])c([2H])c2c(c1[2H])c1c([2H])c([2H])c([2H])c([2H])c1n2-c1ccc2c(c1)N(c1ccc(-c3ccccc3)cc1-c1ccccc1)c1cc(C(C)(C)C)cc3c1B2c1ccc(-n2c4c([2H])c([2H])c([2H])c([2H])c4c4c([2H])c([2H])c([2H])c([2H])c42)cc1N3c1cccc2c1oc1c(-c3ccc4c(c3)sc3ccccc34)cccc12. The summed E-state index contributed by atoms with van der Waals surface area (Å²) in [6, 6.07) is 61.6. The van der Waals surface area contributed by atoms with Gasteiger partial charge in [-0.3, -0.25) is 0 Å². The Labute approximate surface area is 576 Å². The molecule has 2 aliphatic heterocycles. The van der Waals surface area contributed by atoms with Crippen LogP contribution < -0.4 is 26.2 Å². The van der Waals surface area contributed by atoms with Crippen molar-refractivity contribution in [3.63, 3.8) is 0 Å². The second kappa shape index (κ2) is 20.4. The molecule has 4 aromatic heterocycles. The van der Waals surface area contributed by atoms with Crippen molar-refractivity contribution in [2.24, 2.45) is 0 Å². The van der Waals surface area contributed by atoms with Gasteiger partial charge in [-0.05, 0) is 141 Å². The minimum absolute atomic E-state index is 0.0460. The number of aromatic nitrogens is 2. The van der Waals surface area contributed by atoms with Crippen molar-refractivity contribution in [1.29, 1.82) is 0 Å². The van der Waals surface area contributed by atoms with E-state index in [4.69, 9.17) is 12.6 Å². The van der Waals surface area contributed by atoms with Crippen molar-refractivity contribution in [3.8, 4) is 44.8 Å². The zero-order valence-electron chi connectivity index (χ0n) is 67.3. The molecule has 7 heteroatoms. The summed E-state index contributed by atoms with van der Waals surface area (Å²) in [5, 5.41) is 3.73. The third-order valence-corrected chi connectivity index (χ3v) is 20.5. The van der Waals surface area contributed by atoms with Crippen molar-refractivity contribution < 1.29 is 26.3 Å². The zero-order chi connectivity index (χ0) is 76.7. The fourth-order valence-corrected chi connectivity index (χ4v) is 16.2. The lowest BCUT2D eigenvalue weighted by Crippen LogP contribution is -2.61. The molecule has 0 amide bonds. The van der Waals surface area contributed by atoms with Crippen LogP contribution in [0.15, 0.2) is 307 Å². The third-order valence-electron chi connectivity index (χ3n) is 19.3. The van der Waals surface area contributed by atoms with Crippen LogP contribution in [0.2, 0.25) is 0 Å². The first kappa shape index (κ1) is 40.4. The van der Waals surface area contributed by atoms with Gasteiger partial charge in [-0.2, -0.15) is 0 Å². The smallest absolute Gasteiger partial charge is 0.252 e. The van der Waals surface area contributed by atoms with E-state index in [1.807, 2.05) is 91.0 Å². The molecule has 0 N–H and O–H groups in total. The molecular weight excluding hydrogens is 1170 g/mol. The Morgan fingerprint density at radius 1 is 0.347 bits per heavy atom. The molecule has 14 aromatic carbocycles. The Kier molecular flexibility index (Phi) is 8.68. The maximum absolute atomic E-state index is 9.73. The highest BCUT2D eigenvalue weighted by molar-refractivity contribution is 7.25. The Balaban J connectivity index is 0.934. The number of hydrogen-bond acceptors (Lipinski definition) is 4. The van der Waals surface area contributed by atoms with E-state index in [1.165, 1.54) is 14.7 Å². The number of hydrogen-bond donors (Lipinski definition) is 0. The first-order valence-electron chi connectivity index (χ1n) is 39.6. The van der Waals surface area contributed by atoms with Crippen molar-refractivity contribution in [2.75, 3.05) is 9.80 Å². The third kappa shape index (κ3) is 8.03. The Bertz CT molecular complexity index is 7100. The lowest BCUT2D eigenvalue weighted by molar-refractivity contribution is 0.590. The molecule has 0 aliphatic carbocycles. The van der Waals surface area contributed by atoms with Crippen LogP contribution >= 0.6 is 11.3 Å². The second-order valence-electron chi connectivity index (χ2n) is 25.5. The van der Waals surface area contributed by atoms with Crippen molar-refractivity contribution in [2.45, 2.75) is 26.2 Å². The molecule has 6 heterocycles. The van der Waals surface area contributed by atoms with Gasteiger partial charge in [0.05, 0.1) is 55.4 Å². The number of nitrogens with zero attached hydrogens (tertiary/aromatic N) is 4. The van der Waals surface area contributed by atoms with Gasteiger partial charge in [0.15, 0.2) is 5.58 Å². The predicted octanol–water partition coefficient (Wildman–Crippen LogP) is 22.5. The molecule has 95 heavy (non-hydrogen) atoms. The molecule has 0 radical (unpaired) electrons. The molecule has 446 valence electrons. The number of para-hydroxylation sites is 6. The molecule has 18 aromatic rings. The Hall–Kier alpha value is -11.6. The number of rotatable bonds is 7. The summed E-state index contributed by atoms with van der Waals surface area (Å²) in [7, 11) is 0. The monoisotopic (exact) mass is 1250 g/mol.